The summed E-state index contributed by atoms with van der Waals surface area (Å²) in [4.78, 5) is 7.90. The van der Waals surface area contributed by atoms with E-state index in [2.05, 4.69) is 284 Å². The molecule has 0 saturated heterocycles. The predicted molar refractivity (Wildman–Crippen MR) is 355 cm³/mol. The van der Waals surface area contributed by atoms with E-state index in [-0.39, 0.29) is 44.6 Å². The van der Waals surface area contributed by atoms with Gasteiger partial charge in [-0.2, -0.15) is 0 Å². The van der Waals surface area contributed by atoms with Crippen LogP contribution in [0.25, 0.3) is 20.2 Å². The first kappa shape index (κ1) is 53.7. The molecule has 0 bridgehead atoms. The molecule has 0 atom stereocenters. The molecule has 1 aromatic heterocycles. The largest absolute Gasteiger partial charge is 0.311 e. The topological polar surface area (TPSA) is 9.72 Å². The van der Waals surface area contributed by atoms with Crippen molar-refractivity contribution in [3.8, 4) is 0 Å². The van der Waals surface area contributed by atoms with Gasteiger partial charge < -0.3 is 14.7 Å². The molecule has 8 aromatic carbocycles. The molecule has 0 spiro atoms. The molecule has 0 N–H and O–H groups in total. The van der Waals surface area contributed by atoms with E-state index in [0.29, 0.717) is 0 Å². The number of benzene rings is 8. The summed E-state index contributed by atoms with van der Waals surface area (Å²) in [7, 11) is 0. The van der Waals surface area contributed by atoms with Gasteiger partial charge in [0, 0.05) is 71.4 Å². The fourth-order valence-corrected chi connectivity index (χ4v) is 15.5. The van der Waals surface area contributed by atoms with Crippen molar-refractivity contribution in [3.05, 3.63) is 191 Å². The van der Waals surface area contributed by atoms with Crippen LogP contribution in [0.15, 0.2) is 152 Å². The van der Waals surface area contributed by atoms with E-state index >= 15 is 0 Å². The molecule has 0 radical (unpaired) electrons. The molecular formula is C76H84BN3S. The van der Waals surface area contributed by atoms with E-state index in [4.69, 9.17) is 0 Å². The molecule has 2 aliphatic heterocycles. The first-order valence-electron chi connectivity index (χ1n) is 30.2. The van der Waals surface area contributed by atoms with Gasteiger partial charge in [-0.15, -0.1) is 11.3 Å². The molecule has 412 valence electrons. The second kappa shape index (κ2) is 18.0. The van der Waals surface area contributed by atoms with Gasteiger partial charge in [-0.25, -0.2) is 0 Å². The summed E-state index contributed by atoms with van der Waals surface area (Å²) in [6.45, 7) is 40.9. The van der Waals surface area contributed by atoms with Gasteiger partial charge in [0.25, 0.3) is 6.71 Å². The Bertz CT molecular complexity index is 3960. The van der Waals surface area contributed by atoms with E-state index < -0.39 is 0 Å². The number of hydrogen-bond donors (Lipinski definition) is 0. The van der Waals surface area contributed by atoms with E-state index in [1.165, 1.54) is 122 Å². The number of fused-ring (bicyclic) bond motifs is 9. The second-order valence-corrected chi connectivity index (χ2v) is 31.5. The summed E-state index contributed by atoms with van der Waals surface area (Å²) in [6, 6.07) is 60.6. The standard InChI is InChI=1S/C76H84BN3S/c1-70(2,3)47-22-26-50(27-23-47)78(51-28-24-48(25-29-51)71(4,5)6)54-31-34-61-63(44-54)79(52-32-35-68-56(42-52)55-20-18-19-21-67(55)81-68)65-40-49(72(7,8)9)41-66-69(65)77(61)62-45-59-60(76(16,17)39-38-75(59,14)15)46-64(62)80(66)53-30-33-57-58(43-53)74(12,13)37-36-73(57,10)11/h18-35,40-46H,36-39H2,1-17H3. The third-order valence-corrected chi connectivity index (χ3v) is 21.0. The minimum Gasteiger partial charge on any atom is -0.311 e. The molecule has 2 aliphatic carbocycles. The van der Waals surface area contributed by atoms with Gasteiger partial charge in [0.15, 0.2) is 0 Å². The molecule has 3 heterocycles. The lowest BCUT2D eigenvalue weighted by Crippen LogP contribution is -2.62. The molecule has 81 heavy (non-hydrogen) atoms. The third-order valence-electron chi connectivity index (χ3n) is 19.8. The average molecular weight is 1080 g/mol. The van der Waals surface area contributed by atoms with Crippen LogP contribution in [0.2, 0.25) is 0 Å². The van der Waals surface area contributed by atoms with Gasteiger partial charge in [-0.3, -0.25) is 0 Å². The molecule has 0 fully saturated rings. The highest BCUT2D eigenvalue weighted by Crippen LogP contribution is 2.54. The van der Waals surface area contributed by atoms with Gasteiger partial charge in [0.05, 0.1) is 0 Å². The first-order chi connectivity index (χ1) is 38.0. The van der Waals surface area contributed by atoms with E-state index in [1.54, 1.807) is 0 Å². The van der Waals surface area contributed by atoms with Gasteiger partial charge in [-0.05, 0) is 210 Å². The molecular weight excluding hydrogens is 998 g/mol. The summed E-state index contributed by atoms with van der Waals surface area (Å²) in [5, 5.41) is 2.61. The lowest BCUT2D eigenvalue weighted by molar-refractivity contribution is 0.332. The summed E-state index contributed by atoms with van der Waals surface area (Å²) in [5.74, 6) is 0. The number of nitrogens with zero attached hydrogens (tertiary/aromatic N) is 3. The van der Waals surface area contributed by atoms with Crippen LogP contribution in [-0.2, 0) is 37.9 Å². The Morgan fingerprint density at radius 2 is 0.840 bits per heavy atom. The van der Waals surface area contributed by atoms with Crippen LogP contribution in [-0.4, -0.2) is 6.71 Å². The smallest absolute Gasteiger partial charge is 0.252 e. The van der Waals surface area contributed by atoms with Crippen molar-refractivity contribution >= 4 is 106 Å². The zero-order chi connectivity index (χ0) is 57.3. The van der Waals surface area contributed by atoms with E-state index in [0.717, 1.165) is 29.9 Å². The van der Waals surface area contributed by atoms with Crippen molar-refractivity contribution in [1.29, 1.82) is 0 Å². The maximum absolute atomic E-state index is 2.73. The predicted octanol–water partition coefficient (Wildman–Crippen LogP) is 20.2. The van der Waals surface area contributed by atoms with Crippen LogP contribution >= 0.6 is 11.3 Å². The second-order valence-electron chi connectivity index (χ2n) is 30.5. The molecule has 9 aromatic rings. The summed E-state index contributed by atoms with van der Waals surface area (Å²) < 4.78 is 2.63. The van der Waals surface area contributed by atoms with Crippen molar-refractivity contribution in [3.63, 3.8) is 0 Å². The Hall–Kier alpha value is -6.56. The maximum atomic E-state index is 2.73. The first-order valence-corrected chi connectivity index (χ1v) is 31.0. The summed E-state index contributed by atoms with van der Waals surface area (Å²) in [5.41, 5.74) is 25.1. The van der Waals surface area contributed by atoms with Gasteiger partial charge in [0.2, 0.25) is 0 Å². The molecule has 3 nitrogen and oxygen atoms in total. The number of anilines is 9. The minimum atomic E-state index is -0.159. The Morgan fingerprint density at radius 1 is 0.383 bits per heavy atom. The monoisotopic (exact) mass is 1080 g/mol. The Morgan fingerprint density at radius 3 is 1.40 bits per heavy atom. The molecule has 0 amide bonds. The van der Waals surface area contributed by atoms with Crippen LogP contribution in [0.3, 0.4) is 0 Å². The van der Waals surface area contributed by atoms with Gasteiger partial charge >= 0.3 is 0 Å². The van der Waals surface area contributed by atoms with Crippen molar-refractivity contribution < 1.29 is 0 Å². The quantitative estimate of drug-likeness (QED) is 0.159. The third kappa shape index (κ3) is 8.71. The Kier molecular flexibility index (Phi) is 11.9. The van der Waals surface area contributed by atoms with Crippen LogP contribution in [0, 0.1) is 0 Å². The number of rotatable bonds is 5. The van der Waals surface area contributed by atoms with Crippen molar-refractivity contribution in [2.75, 3.05) is 14.7 Å². The Labute approximate surface area is 489 Å². The molecule has 0 saturated carbocycles. The maximum Gasteiger partial charge on any atom is 0.252 e. The average Bonchev–Trinajstić information content (AvgIpc) is 1.71. The van der Waals surface area contributed by atoms with Crippen LogP contribution in [0.5, 0.6) is 0 Å². The van der Waals surface area contributed by atoms with Crippen LogP contribution in [0.4, 0.5) is 51.2 Å². The fourth-order valence-electron chi connectivity index (χ4n) is 14.4. The van der Waals surface area contributed by atoms with Crippen molar-refractivity contribution in [2.24, 2.45) is 0 Å². The number of thiophene rings is 1. The van der Waals surface area contributed by atoms with Crippen molar-refractivity contribution in [1.82, 2.24) is 0 Å². The van der Waals surface area contributed by atoms with E-state index in [1.807, 2.05) is 11.3 Å². The van der Waals surface area contributed by atoms with Crippen LogP contribution in [0.1, 0.15) is 182 Å². The SMILES string of the molecule is CC(C)(C)c1ccc(N(c2ccc(C(C)(C)C)cc2)c2ccc3c(c2)N(c2ccc4sc5ccccc5c4c2)c2cc(C(C)(C)C)cc4c2B3c2cc3c(cc2N4c2ccc4c(c2)C(C)(C)CCC4(C)C)C(C)(C)CCC3(C)C)cc1. The summed E-state index contributed by atoms with van der Waals surface area (Å²) in [6.07, 6.45) is 4.67. The highest BCUT2D eigenvalue weighted by molar-refractivity contribution is 7.25. The molecule has 0 unspecified atom stereocenters. The van der Waals surface area contributed by atoms with Gasteiger partial charge in [-0.1, -0.05) is 178 Å². The molecule has 4 aliphatic rings. The number of hydrogen-bond acceptors (Lipinski definition) is 4. The Balaban J connectivity index is 1.14. The van der Waals surface area contributed by atoms with Crippen LogP contribution < -0.4 is 31.1 Å². The van der Waals surface area contributed by atoms with Crippen molar-refractivity contribution in [2.45, 2.75) is 181 Å². The van der Waals surface area contributed by atoms with Gasteiger partial charge in [0.1, 0.15) is 0 Å². The molecule has 5 heteroatoms. The lowest BCUT2D eigenvalue weighted by Gasteiger charge is -2.48. The molecule has 13 rings (SSSR count). The summed E-state index contributed by atoms with van der Waals surface area (Å²) >= 11 is 1.89. The fraction of sp³-hybridized carbons (Fsp3) is 0.368. The lowest BCUT2D eigenvalue weighted by atomic mass is 9.33. The highest BCUT2D eigenvalue weighted by Gasteiger charge is 2.48. The highest BCUT2D eigenvalue weighted by atomic mass is 32.1. The zero-order valence-corrected chi connectivity index (χ0v) is 52.4. The normalized spacial score (nSPS) is 17.6. The minimum absolute atomic E-state index is 0.0169. The van der Waals surface area contributed by atoms with E-state index in [9.17, 15) is 0 Å². The zero-order valence-electron chi connectivity index (χ0n) is 51.6.